The Labute approximate surface area is 163 Å². The number of hydrogen-bond acceptors (Lipinski definition) is 5. The first-order valence-electron chi connectivity index (χ1n) is 10.1. The van der Waals surface area contributed by atoms with Gasteiger partial charge in [0, 0.05) is 42.7 Å². The van der Waals surface area contributed by atoms with E-state index in [4.69, 9.17) is 4.52 Å². The fraction of sp³-hybridized carbons (Fsp3) is 0.409. The van der Waals surface area contributed by atoms with Crippen molar-refractivity contribution in [1.29, 1.82) is 0 Å². The summed E-state index contributed by atoms with van der Waals surface area (Å²) in [5.41, 5.74) is 3.22. The fourth-order valence-corrected chi connectivity index (χ4v) is 3.99. The molecule has 0 unspecified atom stereocenters. The molecular weight excluding hydrogens is 352 g/mol. The Balaban J connectivity index is 1.25. The first-order valence-corrected chi connectivity index (χ1v) is 10.1. The molecule has 6 heteroatoms. The predicted molar refractivity (Wildman–Crippen MR) is 106 cm³/mol. The van der Waals surface area contributed by atoms with Crippen LogP contribution in [0.1, 0.15) is 53.4 Å². The third-order valence-electron chi connectivity index (χ3n) is 5.66. The van der Waals surface area contributed by atoms with Crippen molar-refractivity contribution in [2.75, 3.05) is 13.1 Å². The third kappa shape index (κ3) is 3.78. The van der Waals surface area contributed by atoms with Gasteiger partial charge in [-0.2, -0.15) is 0 Å². The lowest BCUT2D eigenvalue weighted by Gasteiger charge is -2.31. The highest BCUT2D eigenvalue weighted by molar-refractivity contribution is 5.91. The van der Waals surface area contributed by atoms with E-state index in [-0.39, 0.29) is 5.91 Å². The summed E-state index contributed by atoms with van der Waals surface area (Å²) in [4.78, 5) is 19.0. The third-order valence-corrected chi connectivity index (χ3v) is 5.66. The van der Waals surface area contributed by atoms with Crippen molar-refractivity contribution in [1.82, 2.24) is 20.4 Å². The lowest BCUT2D eigenvalue weighted by atomic mass is 9.94. The van der Waals surface area contributed by atoms with E-state index in [2.05, 4.69) is 44.6 Å². The second kappa shape index (κ2) is 7.36. The van der Waals surface area contributed by atoms with E-state index in [1.807, 2.05) is 18.3 Å². The second-order valence-electron chi connectivity index (χ2n) is 7.97. The van der Waals surface area contributed by atoms with Gasteiger partial charge < -0.3 is 9.84 Å². The smallest absolute Gasteiger partial charge is 0.290 e. The van der Waals surface area contributed by atoms with E-state index < -0.39 is 0 Å². The minimum Gasteiger partial charge on any atom is -0.351 e. The number of hydrogen-bond donors (Lipinski definition) is 1. The van der Waals surface area contributed by atoms with Crippen LogP contribution in [0.3, 0.4) is 0 Å². The number of aromatic nitrogens is 2. The predicted octanol–water partition coefficient (Wildman–Crippen LogP) is 3.49. The number of amides is 1. The van der Waals surface area contributed by atoms with Crippen LogP contribution < -0.4 is 5.32 Å². The van der Waals surface area contributed by atoms with Gasteiger partial charge in [0.1, 0.15) is 0 Å². The van der Waals surface area contributed by atoms with Crippen LogP contribution in [0.25, 0.3) is 10.9 Å². The Hall–Kier alpha value is -2.73. The Morgan fingerprint density at radius 1 is 1.21 bits per heavy atom. The first kappa shape index (κ1) is 17.4. The Kier molecular flexibility index (Phi) is 4.56. The molecule has 0 spiro atoms. The molecule has 1 saturated carbocycles. The van der Waals surface area contributed by atoms with Crippen molar-refractivity contribution in [2.24, 2.45) is 0 Å². The molecule has 2 aromatic heterocycles. The molecule has 5 rings (SSSR count). The van der Waals surface area contributed by atoms with Crippen molar-refractivity contribution >= 4 is 16.8 Å². The summed E-state index contributed by atoms with van der Waals surface area (Å²) < 4.78 is 5.32. The number of rotatable bonds is 5. The number of carbonyl (C=O) groups is 1. The maximum Gasteiger partial charge on any atom is 0.290 e. The van der Waals surface area contributed by atoms with Gasteiger partial charge >= 0.3 is 0 Å². The van der Waals surface area contributed by atoms with Crippen LogP contribution in [0.15, 0.2) is 47.1 Å². The molecule has 3 heterocycles. The Morgan fingerprint density at radius 2 is 2.14 bits per heavy atom. The van der Waals surface area contributed by atoms with Crippen molar-refractivity contribution in [3.05, 3.63) is 59.6 Å². The zero-order valence-electron chi connectivity index (χ0n) is 15.8. The molecule has 1 aliphatic heterocycles. The highest BCUT2D eigenvalue weighted by atomic mass is 16.5. The summed E-state index contributed by atoms with van der Waals surface area (Å²) in [6.45, 7) is 2.92. The molecule has 0 radical (unpaired) electrons. The van der Waals surface area contributed by atoms with Gasteiger partial charge in [-0.05, 0) is 56.0 Å². The molecule has 3 aromatic rings. The number of carbonyl (C=O) groups excluding carboxylic acids is 1. The molecule has 1 aromatic carbocycles. The Morgan fingerprint density at radius 3 is 3.04 bits per heavy atom. The molecule has 6 nitrogen and oxygen atoms in total. The van der Waals surface area contributed by atoms with Gasteiger partial charge in [0.15, 0.2) is 0 Å². The summed E-state index contributed by atoms with van der Waals surface area (Å²) in [6, 6.07) is 12.7. The molecule has 2 aliphatic rings. The number of piperidine rings is 1. The molecular formula is C22H24N4O2. The van der Waals surface area contributed by atoms with E-state index in [1.165, 1.54) is 10.9 Å². The van der Waals surface area contributed by atoms with Crippen LogP contribution in [-0.2, 0) is 6.54 Å². The van der Waals surface area contributed by atoms with Gasteiger partial charge in [0.25, 0.3) is 5.91 Å². The minimum atomic E-state index is -0.140. The molecule has 1 saturated heterocycles. The largest absolute Gasteiger partial charge is 0.351 e. The highest BCUT2D eigenvalue weighted by Crippen LogP contribution is 2.28. The van der Waals surface area contributed by atoms with Crippen LogP contribution in [0.4, 0.5) is 0 Å². The zero-order chi connectivity index (χ0) is 18.9. The molecule has 1 aliphatic carbocycles. The second-order valence-corrected chi connectivity index (χ2v) is 7.97. The lowest BCUT2D eigenvalue weighted by Crippen LogP contribution is -2.34. The molecule has 144 valence electrons. The number of likely N-dealkylation sites (tertiary alicyclic amines) is 1. The number of pyridine rings is 1. The lowest BCUT2D eigenvalue weighted by molar-refractivity contribution is 0.0914. The van der Waals surface area contributed by atoms with Crippen LogP contribution in [-0.4, -0.2) is 40.1 Å². The van der Waals surface area contributed by atoms with E-state index in [0.717, 1.165) is 56.5 Å². The average Bonchev–Trinajstić information content (AvgIpc) is 3.39. The quantitative estimate of drug-likeness (QED) is 0.738. The number of nitrogens with zero attached hydrogens (tertiary/aromatic N) is 3. The van der Waals surface area contributed by atoms with Gasteiger partial charge in [0.05, 0.1) is 11.2 Å². The molecule has 1 atom stereocenters. The van der Waals surface area contributed by atoms with Gasteiger partial charge in [-0.25, -0.2) is 0 Å². The molecule has 1 amide bonds. The van der Waals surface area contributed by atoms with Gasteiger partial charge in [-0.15, -0.1) is 0 Å². The van der Waals surface area contributed by atoms with Crippen molar-refractivity contribution < 1.29 is 9.32 Å². The normalized spacial score (nSPS) is 20.4. The number of benzene rings is 1. The average molecular weight is 376 g/mol. The number of fused-ring (bicyclic) bond motifs is 1. The standard InChI is InChI=1S/C22H24N4O2/c27-22(24-18-6-7-18)21-12-20(25-28-21)17-4-2-10-26(14-17)13-15-5-8-19-16(11-15)3-1-9-23-19/h1,3,5,8-9,11-12,17-18H,2,4,6-7,10,13-14H2,(H,24,27)/t17-/m1/s1. The minimum absolute atomic E-state index is 0.140. The van der Waals surface area contributed by atoms with Crippen LogP contribution in [0.5, 0.6) is 0 Å². The van der Waals surface area contributed by atoms with Gasteiger partial charge in [-0.1, -0.05) is 17.3 Å². The summed E-state index contributed by atoms with van der Waals surface area (Å²) in [5, 5.41) is 8.33. The van der Waals surface area contributed by atoms with Crippen LogP contribution >= 0.6 is 0 Å². The van der Waals surface area contributed by atoms with E-state index >= 15 is 0 Å². The van der Waals surface area contributed by atoms with E-state index in [9.17, 15) is 4.79 Å². The fourth-order valence-electron chi connectivity index (χ4n) is 3.99. The monoisotopic (exact) mass is 376 g/mol. The molecule has 0 bridgehead atoms. The van der Waals surface area contributed by atoms with Crippen molar-refractivity contribution in [2.45, 2.75) is 44.2 Å². The molecule has 28 heavy (non-hydrogen) atoms. The molecule has 1 N–H and O–H groups in total. The van der Waals surface area contributed by atoms with Crippen LogP contribution in [0, 0.1) is 0 Å². The maximum absolute atomic E-state index is 12.1. The summed E-state index contributed by atoms with van der Waals surface area (Å²) >= 11 is 0. The summed E-state index contributed by atoms with van der Waals surface area (Å²) in [6.07, 6.45) is 6.16. The first-order chi connectivity index (χ1) is 13.7. The zero-order valence-corrected chi connectivity index (χ0v) is 15.8. The van der Waals surface area contributed by atoms with Gasteiger partial charge in [0.2, 0.25) is 5.76 Å². The highest BCUT2D eigenvalue weighted by Gasteiger charge is 2.28. The Bertz CT molecular complexity index is 995. The number of nitrogens with one attached hydrogen (secondary N) is 1. The van der Waals surface area contributed by atoms with Gasteiger partial charge in [-0.3, -0.25) is 14.7 Å². The maximum atomic E-state index is 12.1. The van der Waals surface area contributed by atoms with Crippen LogP contribution in [0.2, 0.25) is 0 Å². The van der Waals surface area contributed by atoms with Crippen molar-refractivity contribution in [3.63, 3.8) is 0 Å². The summed E-state index contributed by atoms with van der Waals surface area (Å²) in [7, 11) is 0. The molecule has 2 fully saturated rings. The van der Waals surface area contributed by atoms with Crippen molar-refractivity contribution in [3.8, 4) is 0 Å². The van der Waals surface area contributed by atoms with E-state index in [0.29, 0.717) is 17.7 Å². The topological polar surface area (TPSA) is 71.3 Å². The van der Waals surface area contributed by atoms with E-state index in [1.54, 1.807) is 0 Å². The summed E-state index contributed by atoms with van der Waals surface area (Å²) in [5.74, 6) is 0.502. The SMILES string of the molecule is O=C(NC1CC1)c1cc([C@@H]2CCCN(Cc3ccc4ncccc4c3)C2)no1.